The summed E-state index contributed by atoms with van der Waals surface area (Å²) < 4.78 is 7.08. The summed E-state index contributed by atoms with van der Waals surface area (Å²) in [6, 6.07) is -1.14. The number of nitrogens with zero attached hydrogens (tertiary/aromatic N) is 2. The van der Waals surface area contributed by atoms with Crippen LogP contribution in [-0.4, -0.2) is 28.2 Å². The predicted molar refractivity (Wildman–Crippen MR) is 99.8 cm³/mol. The average molecular weight is 381 g/mol. The van der Waals surface area contributed by atoms with Crippen molar-refractivity contribution in [3.63, 3.8) is 0 Å². The van der Waals surface area contributed by atoms with E-state index in [2.05, 4.69) is 29.1 Å². The number of imidazole rings is 1. The van der Waals surface area contributed by atoms with E-state index in [1.165, 1.54) is 0 Å². The monoisotopic (exact) mass is 380 g/mol. The first-order chi connectivity index (χ1) is 12.4. The van der Waals surface area contributed by atoms with Crippen LogP contribution in [0.5, 0.6) is 0 Å². The van der Waals surface area contributed by atoms with Crippen molar-refractivity contribution in [2.75, 3.05) is 6.61 Å². The van der Waals surface area contributed by atoms with E-state index >= 15 is 0 Å². The molecule has 2 amide bonds. The van der Waals surface area contributed by atoms with Gasteiger partial charge in [0, 0.05) is 18.7 Å². The zero-order valence-electron chi connectivity index (χ0n) is 15.4. The lowest BCUT2D eigenvalue weighted by atomic mass is 10.00. The molecule has 2 rings (SSSR count). The molecule has 26 heavy (non-hydrogen) atoms. The number of esters is 1. The van der Waals surface area contributed by atoms with Gasteiger partial charge in [-0.25, -0.2) is 14.6 Å². The SMILES string of the molecule is C=CCn1c(CCCC)nc(Cl)c1C1NC(=O)NC(C)=C1C(=O)OCC. The summed E-state index contributed by atoms with van der Waals surface area (Å²) in [6.45, 7) is 10.00. The molecule has 8 heteroatoms. The third kappa shape index (κ3) is 4.09. The summed E-state index contributed by atoms with van der Waals surface area (Å²) in [5, 5.41) is 5.65. The van der Waals surface area contributed by atoms with Gasteiger partial charge in [0.1, 0.15) is 11.9 Å². The highest BCUT2D eigenvalue weighted by molar-refractivity contribution is 6.30. The standard InChI is InChI=1S/C18H25ClN4O3/c1-5-8-9-12-21-16(19)15(23(12)10-6-2)14-13(17(24)26-7-3)11(4)20-18(25)22-14/h6,14H,2,5,7-10H2,1,3-4H3,(H2,20,22,25). The fraction of sp³-hybridized carbons (Fsp3) is 0.500. The second-order valence-corrected chi connectivity index (χ2v) is 6.36. The molecule has 0 saturated carbocycles. The second-order valence-electron chi connectivity index (χ2n) is 6.00. The van der Waals surface area contributed by atoms with Gasteiger partial charge < -0.3 is 19.9 Å². The number of ether oxygens (including phenoxy) is 1. The summed E-state index contributed by atoms with van der Waals surface area (Å²) >= 11 is 6.43. The molecule has 0 bridgehead atoms. The van der Waals surface area contributed by atoms with Crippen LogP contribution in [0.15, 0.2) is 23.9 Å². The number of hydrogen-bond acceptors (Lipinski definition) is 4. The number of aromatic nitrogens is 2. The zero-order valence-corrected chi connectivity index (χ0v) is 16.2. The van der Waals surface area contributed by atoms with Crippen molar-refractivity contribution in [1.29, 1.82) is 0 Å². The Kier molecular flexibility index (Phi) is 6.85. The molecular weight excluding hydrogens is 356 g/mol. The van der Waals surface area contributed by atoms with Crippen LogP contribution in [-0.2, 0) is 22.5 Å². The molecule has 1 aromatic heterocycles. The van der Waals surface area contributed by atoms with Crippen molar-refractivity contribution in [1.82, 2.24) is 20.2 Å². The van der Waals surface area contributed by atoms with Gasteiger partial charge in [-0.15, -0.1) is 6.58 Å². The lowest BCUT2D eigenvalue weighted by Crippen LogP contribution is -2.46. The van der Waals surface area contributed by atoms with Crippen LogP contribution in [0.3, 0.4) is 0 Å². The number of carbonyl (C=O) groups excluding carboxylic acids is 2. The number of halogens is 1. The molecule has 1 atom stereocenters. The van der Waals surface area contributed by atoms with E-state index in [4.69, 9.17) is 16.3 Å². The number of rotatable bonds is 8. The Hall–Kier alpha value is -2.28. The molecule has 1 aliphatic heterocycles. The topological polar surface area (TPSA) is 85.3 Å². The highest BCUT2D eigenvalue weighted by Gasteiger charge is 2.36. The molecule has 2 N–H and O–H groups in total. The maximum atomic E-state index is 12.5. The molecule has 2 heterocycles. The number of nitrogens with one attached hydrogen (secondary N) is 2. The quantitative estimate of drug-likeness (QED) is 0.535. The lowest BCUT2D eigenvalue weighted by molar-refractivity contribution is -0.139. The third-order valence-corrected chi connectivity index (χ3v) is 4.42. The Balaban J connectivity index is 2.57. The smallest absolute Gasteiger partial charge is 0.338 e. The van der Waals surface area contributed by atoms with Crippen molar-refractivity contribution in [2.24, 2.45) is 0 Å². The van der Waals surface area contributed by atoms with Crippen molar-refractivity contribution in [3.05, 3.63) is 40.6 Å². The van der Waals surface area contributed by atoms with E-state index in [-0.39, 0.29) is 11.8 Å². The third-order valence-electron chi connectivity index (χ3n) is 4.14. The van der Waals surface area contributed by atoms with Gasteiger partial charge in [-0.3, -0.25) is 0 Å². The van der Waals surface area contributed by atoms with Crippen LogP contribution in [0.25, 0.3) is 0 Å². The number of aryl methyl sites for hydroxylation is 1. The van der Waals surface area contributed by atoms with Crippen LogP contribution in [0.2, 0.25) is 5.15 Å². The van der Waals surface area contributed by atoms with Gasteiger partial charge in [0.2, 0.25) is 0 Å². The normalized spacial score (nSPS) is 16.9. The van der Waals surface area contributed by atoms with Crippen LogP contribution >= 0.6 is 11.6 Å². The van der Waals surface area contributed by atoms with Gasteiger partial charge in [0.15, 0.2) is 5.15 Å². The first-order valence-corrected chi connectivity index (χ1v) is 9.13. The fourth-order valence-electron chi connectivity index (χ4n) is 2.99. The van der Waals surface area contributed by atoms with Crippen LogP contribution in [0, 0.1) is 0 Å². The largest absolute Gasteiger partial charge is 0.463 e. The first kappa shape index (κ1) is 20.0. The maximum Gasteiger partial charge on any atom is 0.338 e. The molecular formula is C18H25ClN4O3. The molecule has 0 aromatic carbocycles. The van der Waals surface area contributed by atoms with E-state index in [0.717, 1.165) is 25.1 Å². The minimum atomic E-state index is -0.738. The predicted octanol–water partition coefficient (Wildman–Crippen LogP) is 3.26. The lowest BCUT2D eigenvalue weighted by Gasteiger charge is -2.28. The summed E-state index contributed by atoms with van der Waals surface area (Å²) in [4.78, 5) is 29.0. The van der Waals surface area contributed by atoms with Gasteiger partial charge in [0.25, 0.3) is 0 Å². The van der Waals surface area contributed by atoms with Crippen molar-refractivity contribution >= 4 is 23.6 Å². The van der Waals surface area contributed by atoms with E-state index in [0.29, 0.717) is 23.5 Å². The number of urea groups is 1. The van der Waals surface area contributed by atoms with Gasteiger partial charge in [-0.1, -0.05) is 31.0 Å². The number of allylic oxidation sites excluding steroid dienone is 2. The summed E-state index contributed by atoms with van der Waals surface area (Å²) in [7, 11) is 0. The van der Waals surface area contributed by atoms with E-state index in [9.17, 15) is 9.59 Å². The highest BCUT2D eigenvalue weighted by atomic mass is 35.5. The van der Waals surface area contributed by atoms with Crippen LogP contribution in [0.4, 0.5) is 4.79 Å². The molecule has 0 fully saturated rings. The Bertz CT molecular complexity index is 739. The molecule has 1 unspecified atom stereocenters. The fourth-order valence-corrected chi connectivity index (χ4v) is 3.30. The van der Waals surface area contributed by atoms with Crippen molar-refractivity contribution in [2.45, 2.75) is 52.6 Å². The Labute approximate surface area is 158 Å². The molecule has 0 saturated heterocycles. The second kappa shape index (κ2) is 8.89. The van der Waals surface area contributed by atoms with Gasteiger partial charge in [-0.2, -0.15) is 0 Å². The van der Waals surface area contributed by atoms with Crippen molar-refractivity contribution in [3.8, 4) is 0 Å². The van der Waals surface area contributed by atoms with Gasteiger partial charge in [-0.05, 0) is 20.3 Å². The van der Waals surface area contributed by atoms with E-state index in [1.807, 2.05) is 4.57 Å². The Morgan fingerprint density at radius 3 is 2.81 bits per heavy atom. The molecule has 0 aliphatic carbocycles. The van der Waals surface area contributed by atoms with E-state index in [1.54, 1.807) is 19.9 Å². The highest BCUT2D eigenvalue weighted by Crippen LogP contribution is 2.33. The van der Waals surface area contributed by atoms with Crippen LogP contribution < -0.4 is 10.6 Å². The number of carbonyl (C=O) groups is 2. The van der Waals surface area contributed by atoms with Gasteiger partial charge >= 0.3 is 12.0 Å². The van der Waals surface area contributed by atoms with Crippen LogP contribution in [0.1, 0.15) is 51.2 Å². The number of unbranched alkanes of at least 4 members (excludes halogenated alkanes) is 1. The Morgan fingerprint density at radius 2 is 2.19 bits per heavy atom. The van der Waals surface area contributed by atoms with Gasteiger partial charge in [0.05, 0.1) is 17.9 Å². The molecule has 142 valence electrons. The molecule has 1 aromatic rings. The molecule has 1 aliphatic rings. The summed E-state index contributed by atoms with van der Waals surface area (Å²) in [5.74, 6) is 0.306. The zero-order chi connectivity index (χ0) is 19.3. The molecule has 7 nitrogen and oxygen atoms in total. The average Bonchev–Trinajstić information content (AvgIpc) is 2.88. The Morgan fingerprint density at radius 1 is 1.46 bits per heavy atom. The first-order valence-electron chi connectivity index (χ1n) is 8.75. The molecule has 0 radical (unpaired) electrons. The minimum Gasteiger partial charge on any atom is -0.463 e. The number of hydrogen-bond donors (Lipinski definition) is 2. The van der Waals surface area contributed by atoms with Crippen molar-refractivity contribution < 1.29 is 14.3 Å². The minimum absolute atomic E-state index is 0.234. The summed E-state index contributed by atoms with van der Waals surface area (Å²) in [5.41, 5.74) is 1.32. The number of amides is 2. The molecule has 0 spiro atoms. The maximum absolute atomic E-state index is 12.5. The summed E-state index contributed by atoms with van der Waals surface area (Å²) in [6.07, 6.45) is 4.47. The van der Waals surface area contributed by atoms with E-state index < -0.39 is 18.0 Å².